The first-order valence-corrected chi connectivity index (χ1v) is 2.76. The molecule has 6 nitrogen and oxygen atoms in total. The first-order valence-electron chi connectivity index (χ1n) is 2.76. The summed E-state index contributed by atoms with van der Waals surface area (Å²) in [5.74, 6) is -2.74. The Morgan fingerprint density at radius 3 is 1.00 bits per heavy atom. The van der Waals surface area contributed by atoms with Crippen molar-refractivity contribution in [2.45, 2.75) is 0 Å². The third kappa shape index (κ3) is 3.14. The van der Waals surface area contributed by atoms with Gasteiger partial charge >= 0.3 is 103 Å². The molecule has 0 aliphatic rings. The van der Waals surface area contributed by atoms with Crippen LogP contribution in [-0.2, 0) is 0 Å². The molecule has 0 radical (unpaired) electrons. The normalized spacial score (nSPS) is 8.57. The average Bonchev–Trinajstić information content (AvgIpc) is 2.08. The predicted molar refractivity (Wildman–Crippen MR) is 37.2 cm³/mol. The molecule has 0 spiro atoms. The smallest absolute Gasteiger partial charge is 0.501 e. The molecule has 0 aromatic heterocycles. The number of phenols is 2. The van der Waals surface area contributed by atoms with E-state index in [9.17, 15) is 19.2 Å². The van der Waals surface area contributed by atoms with E-state index in [1.165, 1.54) is 0 Å². The fraction of sp³-hybridized carbons (Fsp3) is 0. The van der Waals surface area contributed by atoms with Crippen molar-refractivity contribution in [2.75, 3.05) is 0 Å². The second kappa shape index (κ2) is 6.79. The molecule has 1 rings (SSSR count). The second-order valence-electron chi connectivity index (χ2n) is 2.01. The van der Waals surface area contributed by atoms with Gasteiger partial charge in [-0.15, -0.1) is 0 Å². The first-order chi connectivity index (χ1) is 5.46. The molecule has 2 N–H and O–H groups in total. The van der Waals surface area contributed by atoms with E-state index >= 15 is 0 Å². The van der Waals surface area contributed by atoms with Gasteiger partial charge in [0.1, 0.15) is 0 Å². The zero-order valence-corrected chi connectivity index (χ0v) is 13.8. The summed E-state index contributed by atoms with van der Waals surface area (Å²) in [4.78, 5) is 41.9. The number of phenolic OH excluding ortho intramolecular Hbond substituents is 2. The Morgan fingerprint density at radius 1 is 0.571 bits per heavy atom. The van der Waals surface area contributed by atoms with Gasteiger partial charge < -0.3 is 10.2 Å². The van der Waals surface area contributed by atoms with E-state index in [2.05, 4.69) is 0 Å². The summed E-state index contributed by atoms with van der Waals surface area (Å²) in [6.07, 6.45) is 0. The molecule has 1 aromatic carbocycles. The number of benzene rings is 1. The van der Waals surface area contributed by atoms with Gasteiger partial charge in [0, 0.05) is 0 Å². The van der Waals surface area contributed by atoms with Gasteiger partial charge in [0.15, 0.2) is 0 Å². The summed E-state index contributed by atoms with van der Waals surface area (Å²) in [6, 6.07) is 0. The van der Waals surface area contributed by atoms with Crippen LogP contribution in [0.2, 0.25) is 0 Å². The van der Waals surface area contributed by atoms with E-state index in [0.29, 0.717) is 0 Å². The van der Waals surface area contributed by atoms with Gasteiger partial charge in [-0.1, -0.05) is 0 Å². The molecule has 0 aliphatic carbocycles. The van der Waals surface area contributed by atoms with Crippen molar-refractivity contribution < 1.29 is 113 Å². The molecule has 0 fully saturated rings. The summed E-state index contributed by atoms with van der Waals surface area (Å²) < 4.78 is 0. The molecule has 0 unspecified atom stereocenters. The molecule has 14 heavy (non-hydrogen) atoms. The largest absolute Gasteiger partial charge is 1.00 e. The third-order valence-electron chi connectivity index (χ3n) is 1.27. The number of rotatable bonds is 0. The average molecular weight is 248 g/mol. The van der Waals surface area contributed by atoms with Crippen LogP contribution < -0.4 is 124 Å². The van der Waals surface area contributed by atoms with Crippen LogP contribution in [0.25, 0.3) is 0 Å². The van der Waals surface area contributed by atoms with Gasteiger partial charge in [-0.2, -0.15) is 0 Å². The summed E-state index contributed by atoms with van der Waals surface area (Å²) in [7, 11) is 0. The van der Waals surface area contributed by atoms with Gasteiger partial charge in [-0.3, -0.25) is 19.2 Å². The minimum atomic E-state index is -1.63. The second-order valence-corrected chi connectivity index (χ2v) is 2.01. The molecule has 0 saturated carbocycles. The van der Waals surface area contributed by atoms with Crippen molar-refractivity contribution in [2.24, 2.45) is 0 Å². The zero-order chi connectivity index (χ0) is 9.46. The molecule has 0 bridgehead atoms. The Morgan fingerprint density at radius 2 is 0.786 bits per heavy atom. The van der Waals surface area contributed by atoms with Crippen LogP contribution in [-0.4, -0.2) is 10.2 Å². The van der Waals surface area contributed by atoms with E-state index in [4.69, 9.17) is 10.2 Å². The molecule has 0 atom stereocenters. The fourth-order valence-electron chi connectivity index (χ4n) is 0.636. The van der Waals surface area contributed by atoms with Crippen LogP contribution in [0, 0.1) is 0 Å². The quantitative estimate of drug-likeness (QED) is 0.268. The number of hydrogen-bond acceptors (Lipinski definition) is 6. The fourth-order valence-corrected chi connectivity index (χ4v) is 0.636. The van der Waals surface area contributed by atoms with Gasteiger partial charge in [0.05, 0.1) is 0 Å². The maximum atomic E-state index is 10.5. The molecule has 8 heteroatoms. The molecule has 0 aliphatic heterocycles. The molecular weight excluding hydrogens is 246 g/mol. The van der Waals surface area contributed by atoms with Crippen molar-refractivity contribution in [3.8, 4) is 11.5 Å². The standard InChI is InChI=1S/C6H2O6.2K/c7-1-2(8)4(10)6(12)5(11)3(1)9;;/h7-8H;;/q;2*+1. The molecule has 62 valence electrons. The summed E-state index contributed by atoms with van der Waals surface area (Å²) in [6.45, 7) is 0. The van der Waals surface area contributed by atoms with Crippen LogP contribution in [0.1, 0.15) is 0 Å². The Hall–Kier alpha value is 1.29. The van der Waals surface area contributed by atoms with E-state index in [-0.39, 0.29) is 103 Å². The minimum absolute atomic E-state index is 0. The van der Waals surface area contributed by atoms with Gasteiger partial charge in [0.25, 0.3) is 21.7 Å². The van der Waals surface area contributed by atoms with Crippen molar-refractivity contribution in [3.63, 3.8) is 0 Å². The van der Waals surface area contributed by atoms with Crippen LogP contribution in [0.5, 0.6) is 11.5 Å². The van der Waals surface area contributed by atoms with Gasteiger partial charge in [-0.05, 0) is 0 Å². The maximum absolute atomic E-state index is 10.5. The van der Waals surface area contributed by atoms with Crippen molar-refractivity contribution in [3.05, 3.63) is 40.9 Å². The van der Waals surface area contributed by atoms with E-state index in [1.54, 1.807) is 0 Å². The SMILES string of the molecule is O=c1c(O)c(O)c(=O)c(=O)c1=O.[K+].[K+]. The van der Waals surface area contributed by atoms with E-state index in [0.717, 1.165) is 0 Å². The van der Waals surface area contributed by atoms with Crippen molar-refractivity contribution >= 4 is 0 Å². The van der Waals surface area contributed by atoms with Crippen LogP contribution in [0.3, 0.4) is 0 Å². The maximum Gasteiger partial charge on any atom is 1.00 e. The number of hydrogen-bond donors (Lipinski definition) is 2. The molecule has 0 heterocycles. The Bertz CT molecular complexity index is 478. The predicted octanol–water partition coefficient (Wildman–Crippen LogP) is -8.58. The van der Waals surface area contributed by atoms with Crippen LogP contribution >= 0.6 is 0 Å². The Labute approximate surface area is 162 Å². The molecule has 0 amide bonds. The van der Waals surface area contributed by atoms with Crippen LogP contribution in [0.4, 0.5) is 0 Å². The zero-order valence-electron chi connectivity index (χ0n) is 7.53. The summed E-state index contributed by atoms with van der Waals surface area (Å²) in [5, 5.41) is 17.2. The van der Waals surface area contributed by atoms with Gasteiger partial charge in [-0.25, -0.2) is 0 Å². The first kappa shape index (κ1) is 17.7. The number of aromatic hydroxyl groups is 2. The van der Waals surface area contributed by atoms with Crippen LogP contribution in [0.15, 0.2) is 19.2 Å². The van der Waals surface area contributed by atoms with Crippen molar-refractivity contribution in [1.29, 1.82) is 0 Å². The van der Waals surface area contributed by atoms with Crippen molar-refractivity contribution in [1.82, 2.24) is 0 Å². The molecule has 1 aromatic rings. The third-order valence-corrected chi connectivity index (χ3v) is 1.27. The van der Waals surface area contributed by atoms with E-state index < -0.39 is 33.2 Å². The van der Waals surface area contributed by atoms with Gasteiger partial charge in [0.2, 0.25) is 11.5 Å². The summed E-state index contributed by atoms with van der Waals surface area (Å²) in [5.41, 5.74) is -6.38. The van der Waals surface area contributed by atoms with E-state index in [1.807, 2.05) is 0 Å². The Balaban J connectivity index is 0. The minimum Gasteiger partial charge on any atom is -0.501 e. The summed E-state index contributed by atoms with van der Waals surface area (Å²) >= 11 is 0. The Kier molecular flexibility index (Phi) is 8.57. The molecule has 0 saturated heterocycles. The monoisotopic (exact) mass is 248 g/mol. The molecular formula is C6H2K2O6+2. The topological polar surface area (TPSA) is 109 Å².